The summed E-state index contributed by atoms with van der Waals surface area (Å²) >= 11 is 0. The molecule has 0 fully saturated rings. The fourth-order valence-corrected chi connectivity index (χ4v) is 2.50. The molecule has 3 rings (SSSR count). The number of hydrogen-bond donors (Lipinski definition) is 2. The number of rotatable bonds is 2. The molecule has 1 aliphatic rings. The molecule has 0 heterocycles. The van der Waals surface area contributed by atoms with Gasteiger partial charge in [-0.3, -0.25) is 9.59 Å². The van der Waals surface area contributed by atoms with Crippen molar-refractivity contribution in [2.24, 2.45) is 0 Å². The van der Waals surface area contributed by atoms with Crippen molar-refractivity contribution in [2.45, 2.75) is 13.8 Å². The monoisotopic (exact) mass is 266 g/mol. The van der Waals surface area contributed by atoms with Crippen LogP contribution in [0.25, 0.3) is 22.3 Å². The van der Waals surface area contributed by atoms with Crippen molar-refractivity contribution in [1.29, 1.82) is 0 Å². The van der Waals surface area contributed by atoms with Gasteiger partial charge in [-0.1, -0.05) is 12.1 Å². The van der Waals surface area contributed by atoms with E-state index in [1.807, 2.05) is 36.4 Å². The molecule has 4 heteroatoms. The smallest absolute Gasteiger partial charge is 0.221 e. The van der Waals surface area contributed by atoms with E-state index in [1.54, 1.807) is 0 Å². The number of carbonyl (C=O) groups excluding carboxylic acids is 2. The van der Waals surface area contributed by atoms with Crippen LogP contribution in [-0.2, 0) is 9.59 Å². The second-order valence-electron chi connectivity index (χ2n) is 4.88. The molecule has 1 aliphatic carbocycles. The van der Waals surface area contributed by atoms with Crippen LogP contribution in [0.3, 0.4) is 0 Å². The van der Waals surface area contributed by atoms with Crippen LogP contribution in [0.1, 0.15) is 13.8 Å². The van der Waals surface area contributed by atoms with E-state index in [0.717, 1.165) is 33.6 Å². The van der Waals surface area contributed by atoms with Crippen LogP contribution in [0.15, 0.2) is 36.4 Å². The molecule has 0 spiro atoms. The van der Waals surface area contributed by atoms with Crippen LogP contribution in [0, 0.1) is 0 Å². The van der Waals surface area contributed by atoms with Crippen LogP contribution in [0.4, 0.5) is 11.4 Å². The highest BCUT2D eigenvalue weighted by molar-refractivity contribution is 6.06. The maximum Gasteiger partial charge on any atom is 0.221 e. The second kappa shape index (κ2) is 4.49. The summed E-state index contributed by atoms with van der Waals surface area (Å²) in [7, 11) is 0. The van der Waals surface area contributed by atoms with E-state index in [2.05, 4.69) is 10.6 Å². The van der Waals surface area contributed by atoms with Crippen LogP contribution in [0.2, 0.25) is 0 Å². The van der Waals surface area contributed by atoms with Crippen LogP contribution < -0.4 is 10.6 Å². The highest BCUT2D eigenvalue weighted by atomic mass is 16.2. The summed E-state index contributed by atoms with van der Waals surface area (Å²) in [4.78, 5) is 22.1. The van der Waals surface area contributed by atoms with Crippen LogP contribution in [0.5, 0.6) is 0 Å². The van der Waals surface area contributed by atoms with Gasteiger partial charge >= 0.3 is 0 Å². The standard InChI is InChI=1S/C16H14N2O2/c1-9(19)17-11-3-5-13-15(7-11)14-6-4-12(8-16(13)14)18-10(2)20/h3-8H,1-2H3,(H,17,19)(H,18,20). The Balaban J connectivity index is 1.93. The summed E-state index contributed by atoms with van der Waals surface area (Å²) < 4.78 is 0. The SMILES string of the molecule is CC(=O)Nc1ccc2c(c1)-c1ccc(NC(C)=O)cc1-2. The molecule has 2 N–H and O–H groups in total. The van der Waals surface area contributed by atoms with E-state index in [-0.39, 0.29) is 11.8 Å². The lowest BCUT2D eigenvalue weighted by molar-refractivity contribution is -0.115. The highest BCUT2D eigenvalue weighted by Gasteiger charge is 2.22. The predicted octanol–water partition coefficient (Wildman–Crippen LogP) is 3.25. The fraction of sp³-hybridized carbons (Fsp3) is 0.125. The summed E-state index contributed by atoms with van der Waals surface area (Å²) in [6, 6.07) is 11.7. The summed E-state index contributed by atoms with van der Waals surface area (Å²) in [6.07, 6.45) is 0. The van der Waals surface area contributed by atoms with Gasteiger partial charge in [0.05, 0.1) is 0 Å². The highest BCUT2D eigenvalue weighted by Crippen LogP contribution is 2.48. The number of benzene rings is 2. The fourth-order valence-electron chi connectivity index (χ4n) is 2.50. The summed E-state index contributed by atoms with van der Waals surface area (Å²) in [6.45, 7) is 2.99. The number of nitrogens with one attached hydrogen (secondary N) is 2. The van der Waals surface area contributed by atoms with E-state index in [1.165, 1.54) is 13.8 Å². The molecule has 2 aromatic carbocycles. The molecule has 100 valence electrons. The molecular weight excluding hydrogens is 252 g/mol. The van der Waals surface area contributed by atoms with Crippen molar-refractivity contribution in [2.75, 3.05) is 10.6 Å². The Morgan fingerprint density at radius 2 is 1.10 bits per heavy atom. The first-order valence-electron chi connectivity index (χ1n) is 6.38. The molecule has 2 amide bonds. The number of anilines is 2. The number of fused-ring (bicyclic) bond motifs is 4. The maximum atomic E-state index is 11.1. The first kappa shape index (κ1) is 12.4. The Hall–Kier alpha value is -2.62. The zero-order valence-electron chi connectivity index (χ0n) is 11.3. The van der Waals surface area contributed by atoms with Gasteiger partial charge in [0.25, 0.3) is 0 Å². The first-order valence-corrected chi connectivity index (χ1v) is 6.38. The molecule has 4 nitrogen and oxygen atoms in total. The van der Waals surface area contributed by atoms with Crippen LogP contribution in [-0.4, -0.2) is 11.8 Å². The van der Waals surface area contributed by atoms with Gasteiger partial charge in [-0.25, -0.2) is 0 Å². The van der Waals surface area contributed by atoms with Crippen LogP contribution >= 0.6 is 0 Å². The maximum absolute atomic E-state index is 11.1. The molecule has 0 radical (unpaired) electrons. The van der Waals surface area contributed by atoms with Gasteiger partial charge in [0.2, 0.25) is 11.8 Å². The normalized spacial score (nSPS) is 10.9. The van der Waals surface area contributed by atoms with E-state index in [0.29, 0.717) is 0 Å². The lowest BCUT2D eigenvalue weighted by Gasteiger charge is -2.25. The third kappa shape index (κ3) is 2.05. The molecule has 0 aromatic heterocycles. The van der Waals surface area contributed by atoms with Gasteiger partial charge in [-0.2, -0.15) is 0 Å². The van der Waals surface area contributed by atoms with Gasteiger partial charge in [0, 0.05) is 25.2 Å². The Bertz CT molecular complexity index is 657. The molecule has 0 atom stereocenters. The third-order valence-corrected chi connectivity index (χ3v) is 3.26. The Labute approximate surface area is 116 Å². The average molecular weight is 266 g/mol. The minimum absolute atomic E-state index is 0.0782. The Kier molecular flexibility index (Phi) is 2.79. The minimum Gasteiger partial charge on any atom is -0.326 e. The van der Waals surface area contributed by atoms with Gasteiger partial charge < -0.3 is 10.6 Å². The quantitative estimate of drug-likeness (QED) is 0.748. The molecular formula is C16H14N2O2. The molecule has 0 bridgehead atoms. The van der Waals surface area contributed by atoms with E-state index in [4.69, 9.17) is 0 Å². The topological polar surface area (TPSA) is 58.2 Å². The summed E-state index contributed by atoms with van der Waals surface area (Å²) in [5.41, 5.74) is 6.13. The van der Waals surface area contributed by atoms with Crippen molar-refractivity contribution in [3.05, 3.63) is 36.4 Å². The molecule has 0 aliphatic heterocycles. The molecule has 2 aromatic rings. The van der Waals surface area contributed by atoms with Crippen molar-refractivity contribution in [3.8, 4) is 22.3 Å². The largest absolute Gasteiger partial charge is 0.326 e. The number of amides is 2. The van der Waals surface area contributed by atoms with Crippen molar-refractivity contribution < 1.29 is 9.59 Å². The molecule has 0 saturated heterocycles. The number of carbonyl (C=O) groups is 2. The lowest BCUT2D eigenvalue weighted by Crippen LogP contribution is -2.09. The Morgan fingerprint density at radius 1 is 0.700 bits per heavy atom. The van der Waals surface area contributed by atoms with E-state index >= 15 is 0 Å². The summed E-state index contributed by atoms with van der Waals surface area (Å²) in [5.74, 6) is -0.156. The molecule has 0 unspecified atom stereocenters. The first-order chi connectivity index (χ1) is 9.54. The van der Waals surface area contributed by atoms with E-state index < -0.39 is 0 Å². The predicted molar refractivity (Wildman–Crippen MR) is 79.5 cm³/mol. The van der Waals surface area contributed by atoms with Gasteiger partial charge in [0.15, 0.2) is 0 Å². The second-order valence-corrected chi connectivity index (χ2v) is 4.88. The Morgan fingerprint density at radius 3 is 1.45 bits per heavy atom. The van der Waals surface area contributed by atoms with Crippen molar-refractivity contribution in [1.82, 2.24) is 0 Å². The lowest BCUT2D eigenvalue weighted by atomic mass is 9.80. The van der Waals surface area contributed by atoms with Crippen molar-refractivity contribution in [3.63, 3.8) is 0 Å². The molecule has 0 saturated carbocycles. The number of hydrogen-bond acceptors (Lipinski definition) is 2. The van der Waals surface area contributed by atoms with Gasteiger partial charge in [-0.15, -0.1) is 0 Å². The summed E-state index contributed by atoms with van der Waals surface area (Å²) in [5, 5.41) is 5.56. The zero-order chi connectivity index (χ0) is 14.3. The van der Waals surface area contributed by atoms with Gasteiger partial charge in [-0.05, 0) is 46.5 Å². The van der Waals surface area contributed by atoms with E-state index in [9.17, 15) is 9.59 Å². The average Bonchev–Trinajstić information content (AvgIpc) is 2.35. The zero-order valence-corrected chi connectivity index (χ0v) is 11.3. The minimum atomic E-state index is -0.0782. The third-order valence-electron chi connectivity index (χ3n) is 3.26. The van der Waals surface area contributed by atoms with Gasteiger partial charge in [0.1, 0.15) is 0 Å². The van der Waals surface area contributed by atoms with Crippen molar-refractivity contribution >= 4 is 23.2 Å². The molecule has 20 heavy (non-hydrogen) atoms.